The summed E-state index contributed by atoms with van der Waals surface area (Å²) in [5.74, 6) is -0.663. The van der Waals surface area contributed by atoms with Crippen molar-refractivity contribution in [3.8, 4) is 11.4 Å². The van der Waals surface area contributed by atoms with Crippen molar-refractivity contribution < 1.29 is 9.32 Å². The van der Waals surface area contributed by atoms with Gasteiger partial charge in [-0.1, -0.05) is 58.2 Å². The predicted molar refractivity (Wildman–Crippen MR) is 123 cm³/mol. The molecule has 0 bridgehead atoms. The number of aryl methyl sites for hydroxylation is 1. The summed E-state index contributed by atoms with van der Waals surface area (Å²) in [5, 5.41) is 4.64. The molecule has 2 aromatic heterocycles. The zero-order valence-electron chi connectivity index (χ0n) is 17.1. The van der Waals surface area contributed by atoms with Crippen LogP contribution in [0.5, 0.6) is 0 Å². The molecule has 0 saturated carbocycles. The zero-order chi connectivity index (χ0) is 22.2. The highest BCUT2D eigenvalue weighted by molar-refractivity contribution is 6.30. The van der Waals surface area contributed by atoms with Gasteiger partial charge in [-0.3, -0.25) is 9.78 Å². The molecule has 0 saturated heterocycles. The maximum atomic E-state index is 13.5. The van der Waals surface area contributed by atoms with Crippen LogP contribution in [0.1, 0.15) is 33.3 Å². The minimum atomic E-state index is -0.635. The molecule has 5 rings (SSSR count). The van der Waals surface area contributed by atoms with Gasteiger partial charge in [0, 0.05) is 35.2 Å². The summed E-state index contributed by atoms with van der Waals surface area (Å²) in [7, 11) is 0. The number of fused-ring (bicyclic) bond motifs is 1. The number of hydrogen-bond donors (Lipinski definition) is 0. The predicted octanol–water partition coefficient (Wildman–Crippen LogP) is 5.65. The Balaban J connectivity index is 1.48. The molecule has 0 spiro atoms. The van der Waals surface area contributed by atoms with Crippen molar-refractivity contribution >= 4 is 34.7 Å². The fourth-order valence-corrected chi connectivity index (χ4v) is 4.50. The van der Waals surface area contributed by atoms with Gasteiger partial charge in [0.1, 0.15) is 5.50 Å². The number of halogens is 2. The quantitative estimate of drug-likeness (QED) is 0.216. The van der Waals surface area contributed by atoms with E-state index < -0.39 is 11.4 Å². The van der Waals surface area contributed by atoms with E-state index in [0.717, 1.165) is 27.9 Å². The molecule has 0 amide bonds. The standard InChI is InChI=1S/C24H18Cl2N4O2/c1-14-2-7-19-18(12-14)20(22(26)30(19)13-15-3-5-17(25)6-4-15)21(31)24-28-23(29-32-24)16-8-10-27-11-9-16/h2-12,20,22H,13H2,1H3. The number of hydrogen-bond acceptors (Lipinski definition) is 6. The van der Waals surface area contributed by atoms with Gasteiger partial charge in [-0.15, -0.1) is 0 Å². The first-order valence-corrected chi connectivity index (χ1v) is 10.9. The van der Waals surface area contributed by atoms with E-state index in [0.29, 0.717) is 17.4 Å². The maximum absolute atomic E-state index is 13.5. The van der Waals surface area contributed by atoms with E-state index in [1.807, 2.05) is 54.3 Å². The van der Waals surface area contributed by atoms with Crippen molar-refractivity contribution in [2.75, 3.05) is 4.90 Å². The van der Waals surface area contributed by atoms with E-state index in [-0.39, 0.29) is 11.7 Å². The molecule has 160 valence electrons. The molecule has 8 heteroatoms. The van der Waals surface area contributed by atoms with Crippen LogP contribution in [0.25, 0.3) is 11.4 Å². The minimum Gasteiger partial charge on any atom is -0.350 e. The normalized spacial score (nSPS) is 17.4. The van der Waals surface area contributed by atoms with Gasteiger partial charge < -0.3 is 9.42 Å². The Bertz CT molecular complexity index is 1270. The number of carbonyl (C=O) groups excluding carboxylic acids is 1. The lowest BCUT2D eigenvalue weighted by atomic mass is 9.95. The average molecular weight is 465 g/mol. The monoisotopic (exact) mass is 464 g/mol. The molecule has 3 heterocycles. The fraction of sp³-hybridized carbons (Fsp3) is 0.167. The van der Waals surface area contributed by atoms with E-state index in [1.54, 1.807) is 24.5 Å². The zero-order valence-corrected chi connectivity index (χ0v) is 18.6. The molecular weight excluding hydrogens is 447 g/mol. The van der Waals surface area contributed by atoms with E-state index >= 15 is 0 Å². The molecule has 1 aliphatic heterocycles. The molecule has 0 N–H and O–H groups in total. The maximum Gasteiger partial charge on any atom is 0.295 e. The van der Waals surface area contributed by atoms with Crippen LogP contribution in [0.15, 0.2) is 71.5 Å². The highest BCUT2D eigenvalue weighted by atomic mass is 35.5. The fourth-order valence-electron chi connectivity index (χ4n) is 3.95. The number of Topliss-reactive ketones (excluding diaryl/α,β-unsaturated/α-hetero) is 1. The average Bonchev–Trinajstić information content (AvgIpc) is 3.39. The molecule has 4 aromatic rings. The lowest BCUT2D eigenvalue weighted by molar-refractivity contribution is 0.0917. The number of nitrogens with zero attached hydrogens (tertiary/aromatic N) is 4. The second kappa shape index (κ2) is 8.37. The van der Waals surface area contributed by atoms with Gasteiger partial charge in [-0.05, 0) is 48.4 Å². The number of benzene rings is 2. The third-order valence-corrected chi connectivity index (χ3v) is 6.26. The Morgan fingerprint density at radius 3 is 2.59 bits per heavy atom. The lowest BCUT2D eigenvalue weighted by Gasteiger charge is -2.25. The Labute approximate surface area is 194 Å². The van der Waals surface area contributed by atoms with Crippen molar-refractivity contribution in [3.05, 3.63) is 94.6 Å². The van der Waals surface area contributed by atoms with Crippen molar-refractivity contribution in [2.45, 2.75) is 24.9 Å². The first kappa shape index (κ1) is 20.7. The number of ketones is 1. The number of pyridine rings is 1. The first-order valence-electron chi connectivity index (χ1n) is 10.1. The summed E-state index contributed by atoms with van der Waals surface area (Å²) in [6.45, 7) is 2.53. The van der Waals surface area contributed by atoms with Crippen LogP contribution in [0, 0.1) is 6.92 Å². The topological polar surface area (TPSA) is 72.1 Å². The van der Waals surface area contributed by atoms with E-state index in [9.17, 15) is 4.79 Å². The Morgan fingerprint density at radius 1 is 1.09 bits per heavy atom. The third-order valence-electron chi connectivity index (χ3n) is 5.52. The van der Waals surface area contributed by atoms with Crippen LogP contribution < -0.4 is 4.90 Å². The number of rotatable bonds is 5. The van der Waals surface area contributed by atoms with Gasteiger partial charge in [0.15, 0.2) is 0 Å². The molecule has 2 unspecified atom stereocenters. The largest absolute Gasteiger partial charge is 0.350 e. The molecule has 2 atom stereocenters. The number of aromatic nitrogens is 3. The molecule has 6 nitrogen and oxygen atoms in total. The van der Waals surface area contributed by atoms with Gasteiger partial charge in [-0.2, -0.15) is 4.98 Å². The smallest absolute Gasteiger partial charge is 0.295 e. The summed E-state index contributed by atoms with van der Waals surface area (Å²) in [5.41, 5.74) is 3.97. The first-order chi connectivity index (χ1) is 15.5. The Kier molecular flexibility index (Phi) is 5.41. The summed E-state index contributed by atoms with van der Waals surface area (Å²) >= 11 is 12.9. The highest BCUT2D eigenvalue weighted by Gasteiger charge is 2.43. The van der Waals surface area contributed by atoms with Crippen LogP contribution in [0.2, 0.25) is 5.02 Å². The van der Waals surface area contributed by atoms with Crippen molar-refractivity contribution in [2.24, 2.45) is 0 Å². The van der Waals surface area contributed by atoms with Crippen molar-refractivity contribution in [1.29, 1.82) is 0 Å². The van der Waals surface area contributed by atoms with Crippen molar-refractivity contribution in [1.82, 2.24) is 15.1 Å². The molecule has 0 fully saturated rings. The van der Waals surface area contributed by atoms with E-state index in [1.165, 1.54) is 0 Å². The Morgan fingerprint density at radius 2 is 1.84 bits per heavy atom. The number of alkyl halides is 1. The summed E-state index contributed by atoms with van der Waals surface area (Å²) in [6.07, 6.45) is 3.26. The summed E-state index contributed by atoms with van der Waals surface area (Å²) in [4.78, 5) is 23.8. The van der Waals surface area contributed by atoms with E-state index in [2.05, 4.69) is 15.1 Å². The highest BCUT2D eigenvalue weighted by Crippen LogP contribution is 2.45. The number of carbonyl (C=O) groups is 1. The van der Waals surface area contributed by atoms with Crippen LogP contribution in [0.4, 0.5) is 5.69 Å². The van der Waals surface area contributed by atoms with Gasteiger partial charge in [0.05, 0.1) is 5.92 Å². The molecule has 0 radical (unpaired) electrons. The molecular formula is C24H18Cl2N4O2. The van der Waals surface area contributed by atoms with Gasteiger partial charge in [0.2, 0.25) is 11.6 Å². The van der Waals surface area contributed by atoms with Crippen LogP contribution in [-0.2, 0) is 6.54 Å². The second-order valence-corrected chi connectivity index (χ2v) is 8.57. The SMILES string of the molecule is Cc1ccc2c(c1)C(C(=O)c1nc(-c3ccncc3)no1)C(Cl)N2Cc1ccc(Cl)cc1. The van der Waals surface area contributed by atoms with Crippen LogP contribution in [-0.4, -0.2) is 26.4 Å². The minimum absolute atomic E-state index is 0.0618. The third kappa shape index (κ3) is 3.76. The van der Waals surface area contributed by atoms with Crippen molar-refractivity contribution in [3.63, 3.8) is 0 Å². The van der Waals surface area contributed by atoms with Crippen LogP contribution in [0.3, 0.4) is 0 Å². The molecule has 1 aliphatic rings. The van der Waals surface area contributed by atoms with Gasteiger partial charge in [0.25, 0.3) is 5.89 Å². The second-order valence-electron chi connectivity index (χ2n) is 7.69. The Hall–Kier alpha value is -3.22. The summed E-state index contributed by atoms with van der Waals surface area (Å²) < 4.78 is 5.33. The molecule has 32 heavy (non-hydrogen) atoms. The summed E-state index contributed by atoms with van der Waals surface area (Å²) in [6, 6.07) is 17.1. The van der Waals surface area contributed by atoms with Gasteiger partial charge >= 0.3 is 0 Å². The molecule has 0 aliphatic carbocycles. The molecule has 2 aromatic carbocycles. The lowest BCUT2D eigenvalue weighted by Crippen LogP contribution is -2.32. The van der Waals surface area contributed by atoms with Crippen LogP contribution >= 0.6 is 23.2 Å². The van der Waals surface area contributed by atoms with E-state index in [4.69, 9.17) is 27.7 Å². The van der Waals surface area contributed by atoms with Gasteiger partial charge in [-0.25, -0.2) is 0 Å². The number of anilines is 1.